The number of hydrogen-bond donors (Lipinski definition) is 1. The minimum absolute atomic E-state index is 0.113. The number of nitrogens with zero attached hydrogens (tertiary/aromatic N) is 6. The van der Waals surface area contributed by atoms with Gasteiger partial charge in [-0.1, -0.05) is 24.2 Å². The van der Waals surface area contributed by atoms with Gasteiger partial charge >= 0.3 is 6.01 Å². The van der Waals surface area contributed by atoms with E-state index >= 15 is 4.39 Å². The molecule has 0 unspecified atom stereocenters. The molecule has 0 aliphatic carbocycles. The summed E-state index contributed by atoms with van der Waals surface area (Å²) in [6.45, 7) is 13.9. The predicted molar refractivity (Wildman–Crippen MR) is 168 cm³/mol. The van der Waals surface area contributed by atoms with Crippen LogP contribution in [0.3, 0.4) is 0 Å². The molecule has 2 aliphatic heterocycles. The van der Waals surface area contributed by atoms with Gasteiger partial charge in [-0.25, -0.2) is 4.39 Å². The van der Waals surface area contributed by atoms with Crippen molar-refractivity contribution in [1.29, 1.82) is 0 Å². The van der Waals surface area contributed by atoms with Crippen LogP contribution in [0, 0.1) is 19.7 Å². The highest BCUT2D eigenvalue weighted by molar-refractivity contribution is 6.35. The minimum atomic E-state index is -0.536. The lowest BCUT2D eigenvalue weighted by Gasteiger charge is -2.44. The molecule has 4 aromatic rings. The normalized spacial score (nSPS) is 21.2. The second kappa shape index (κ2) is 11.4. The van der Waals surface area contributed by atoms with E-state index in [0.29, 0.717) is 36.5 Å². The average Bonchev–Trinajstić information content (AvgIpc) is 3.58. The fraction of sp³-hybridized carbons (Fsp3) is 0.438. The van der Waals surface area contributed by atoms with Crippen molar-refractivity contribution < 1.29 is 13.9 Å². The Balaban J connectivity index is 1.52. The van der Waals surface area contributed by atoms with Gasteiger partial charge in [0.2, 0.25) is 5.91 Å². The number of hydrogen-bond acceptors (Lipinski definition) is 7. The number of piperazine rings is 1. The molecule has 2 fully saturated rings. The Labute approximate surface area is 255 Å². The largest absolute Gasteiger partial charge is 0.462 e. The van der Waals surface area contributed by atoms with Gasteiger partial charge in [-0.15, -0.1) is 0 Å². The second-order valence-corrected chi connectivity index (χ2v) is 12.3. The zero-order valence-corrected chi connectivity index (χ0v) is 26.0. The number of benzene rings is 2. The number of nitrogens with one attached hydrogen (secondary N) is 1. The van der Waals surface area contributed by atoms with Gasteiger partial charge in [-0.2, -0.15) is 15.1 Å². The summed E-state index contributed by atoms with van der Waals surface area (Å²) in [5.41, 5.74) is 3.53. The van der Waals surface area contributed by atoms with E-state index in [0.717, 1.165) is 41.5 Å². The van der Waals surface area contributed by atoms with Gasteiger partial charge in [0.05, 0.1) is 10.5 Å². The van der Waals surface area contributed by atoms with E-state index < -0.39 is 5.82 Å². The number of aromatic nitrogens is 4. The van der Waals surface area contributed by atoms with Crippen LogP contribution in [0.15, 0.2) is 30.9 Å². The van der Waals surface area contributed by atoms with Crippen LogP contribution in [0.1, 0.15) is 37.9 Å². The maximum atomic E-state index is 16.9. The summed E-state index contributed by atoms with van der Waals surface area (Å²) in [7, 11) is 2.08. The van der Waals surface area contributed by atoms with E-state index in [1.165, 1.54) is 6.08 Å². The topological polar surface area (TPSA) is 90.5 Å². The number of fused-ring (bicyclic) bond motifs is 2. The summed E-state index contributed by atoms with van der Waals surface area (Å²) in [5.74, 6) is -0.118. The molecule has 3 atom stereocenters. The number of anilines is 1. The summed E-state index contributed by atoms with van der Waals surface area (Å²) in [6.07, 6.45) is 3.46. The Kier molecular flexibility index (Phi) is 7.76. The van der Waals surface area contributed by atoms with E-state index in [9.17, 15) is 4.79 Å². The Morgan fingerprint density at radius 3 is 2.72 bits per heavy atom. The van der Waals surface area contributed by atoms with E-state index in [-0.39, 0.29) is 46.1 Å². The number of aryl methyl sites for hydroxylation is 2. The number of ether oxygens (including phenoxy) is 1. The molecule has 1 N–H and O–H groups in total. The molecule has 226 valence electrons. The summed E-state index contributed by atoms with van der Waals surface area (Å²) in [4.78, 5) is 28.2. The molecule has 0 spiro atoms. The molecule has 0 bridgehead atoms. The zero-order valence-electron chi connectivity index (χ0n) is 25.2. The van der Waals surface area contributed by atoms with E-state index in [2.05, 4.69) is 38.6 Å². The van der Waals surface area contributed by atoms with Gasteiger partial charge in [-0.3, -0.25) is 9.89 Å². The van der Waals surface area contributed by atoms with E-state index in [1.54, 1.807) is 11.0 Å². The molecule has 1 amide bonds. The molecule has 4 heterocycles. The summed E-state index contributed by atoms with van der Waals surface area (Å²) in [5, 5.41) is 8.97. The van der Waals surface area contributed by atoms with Gasteiger partial charge in [0.25, 0.3) is 0 Å². The number of amides is 1. The smallest absolute Gasteiger partial charge is 0.319 e. The predicted octanol–water partition coefficient (Wildman–Crippen LogP) is 5.67. The van der Waals surface area contributed by atoms with Crippen LogP contribution < -0.4 is 9.64 Å². The first-order valence-electron chi connectivity index (χ1n) is 14.8. The molecule has 2 aromatic heterocycles. The molecule has 43 heavy (non-hydrogen) atoms. The van der Waals surface area contributed by atoms with Crippen LogP contribution in [0.2, 0.25) is 5.02 Å². The molecular weight excluding hydrogens is 569 g/mol. The molecule has 2 aliphatic rings. The minimum Gasteiger partial charge on any atom is -0.462 e. The molecule has 11 heteroatoms. The molecule has 9 nitrogen and oxygen atoms in total. The maximum absolute atomic E-state index is 16.9. The van der Waals surface area contributed by atoms with Crippen molar-refractivity contribution in [3.8, 4) is 17.1 Å². The van der Waals surface area contributed by atoms with Gasteiger partial charge in [0.15, 0.2) is 5.82 Å². The Hall–Kier alpha value is -3.76. The third-order valence-corrected chi connectivity index (χ3v) is 9.29. The van der Waals surface area contributed by atoms with Crippen molar-refractivity contribution in [3.05, 3.63) is 53.0 Å². The number of rotatable bonds is 6. The molecular formula is C32H37ClFN7O2. The number of carbonyl (C=O) groups is 1. The molecule has 0 saturated carbocycles. The van der Waals surface area contributed by atoms with Crippen LogP contribution in [0.4, 0.5) is 10.2 Å². The highest BCUT2D eigenvalue weighted by Crippen LogP contribution is 2.43. The number of halogens is 2. The van der Waals surface area contributed by atoms with Crippen LogP contribution >= 0.6 is 11.6 Å². The molecule has 0 radical (unpaired) electrons. The first kappa shape index (κ1) is 29.3. The molecule has 6 rings (SSSR count). The van der Waals surface area contributed by atoms with Crippen molar-refractivity contribution in [3.63, 3.8) is 0 Å². The third kappa shape index (κ3) is 5.10. The number of likely N-dealkylation sites (N-methyl/N-ethyl adjacent to an activating group) is 1. The number of aromatic amines is 1. The lowest BCUT2D eigenvalue weighted by atomic mass is 9.94. The van der Waals surface area contributed by atoms with Crippen LogP contribution in [0.5, 0.6) is 6.01 Å². The standard InChI is InChI=1S/C32H37ClFN7O2/c1-7-25(42)40-14-19(4)41(15-18(40)3)31-22-13-23(33)28(26-17(2)10-11-24-27(26)20(5)37-38-24)29(34)30(22)35-32(36-31)43-16-21-9-8-12-39(21)6/h7,10-11,13,18-19,21H,1,8-9,12,14-16H2,2-6H3,(H,37,38)/t18-,19+,21+/m1/s1. The van der Waals surface area contributed by atoms with Gasteiger partial charge < -0.3 is 19.4 Å². The number of carbonyl (C=O) groups excluding carboxylic acids is 1. The van der Waals surface area contributed by atoms with Crippen LogP contribution in [-0.2, 0) is 4.79 Å². The first-order valence-corrected chi connectivity index (χ1v) is 15.1. The van der Waals surface area contributed by atoms with Crippen molar-refractivity contribution in [2.24, 2.45) is 0 Å². The average molecular weight is 606 g/mol. The molecule has 2 aromatic carbocycles. The fourth-order valence-electron chi connectivity index (χ4n) is 6.57. The van der Waals surface area contributed by atoms with Crippen molar-refractivity contribution in [2.45, 2.75) is 58.7 Å². The van der Waals surface area contributed by atoms with Crippen LogP contribution in [-0.4, -0.2) is 87.3 Å². The van der Waals surface area contributed by atoms with Crippen molar-refractivity contribution in [1.82, 2.24) is 30.0 Å². The Morgan fingerprint density at radius 2 is 2.00 bits per heavy atom. The lowest BCUT2D eigenvalue weighted by Crippen LogP contribution is -2.58. The highest BCUT2D eigenvalue weighted by Gasteiger charge is 2.34. The van der Waals surface area contributed by atoms with Crippen molar-refractivity contribution in [2.75, 3.05) is 38.2 Å². The monoisotopic (exact) mass is 605 g/mol. The number of likely N-dealkylation sites (tertiary alicyclic amines) is 1. The Morgan fingerprint density at radius 1 is 1.21 bits per heavy atom. The van der Waals surface area contributed by atoms with Crippen molar-refractivity contribution >= 4 is 45.1 Å². The van der Waals surface area contributed by atoms with E-state index in [4.69, 9.17) is 21.3 Å². The van der Waals surface area contributed by atoms with Gasteiger partial charge in [0.1, 0.15) is 17.9 Å². The van der Waals surface area contributed by atoms with Gasteiger partial charge in [0, 0.05) is 58.8 Å². The third-order valence-electron chi connectivity index (χ3n) is 9.00. The molecule has 2 saturated heterocycles. The van der Waals surface area contributed by atoms with Gasteiger partial charge in [-0.05, 0) is 77.9 Å². The Bertz CT molecular complexity index is 1740. The summed E-state index contributed by atoms with van der Waals surface area (Å²) in [6, 6.07) is 5.72. The maximum Gasteiger partial charge on any atom is 0.319 e. The second-order valence-electron chi connectivity index (χ2n) is 11.9. The zero-order chi connectivity index (χ0) is 30.6. The van der Waals surface area contributed by atoms with Crippen LogP contribution in [0.25, 0.3) is 32.9 Å². The lowest BCUT2D eigenvalue weighted by molar-refractivity contribution is -0.128. The SMILES string of the molecule is C=CC(=O)N1C[C@H](C)N(c2nc(OC[C@@H]3CCCN3C)nc3c(F)c(-c4c(C)ccc5n[nH]c(C)c45)c(Cl)cc23)C[C@H]1C. The highest BCUT2D eigenvalue weighted by atomic mass is 35.5. The summed E-state index contributed by atoms with van der Waals surface area (Å²) < 4.78 is 23.1. The summed E-state index contributed by atoms with van der Waals surface area (Å²) >= 11 is 6.95. The van der Waals surface area contributed by atoms with E-state index in [1.807, 2.05) is 39.8 Å². The number of H-pyrrole nitrogens is 1. The fourth-order valence-corrected chi connectivity index (χ4v) is 6.86. The quantitative estimate of drug-likeness (QED) is 0.283. The first-order chi connectivity index (χ1) is 20.6.